The van der Waals surface area contributed by atoms with E-state index in [9.17, 15) is 0 Å². The van der Waals surface area contributed by atoms with Gasteiger partial charge in [0.2, 0.25) is 0 Å². The lowest BCUT2D eigenvalue weighted by Gasteiger charge is -2.45. The molecule has 3 atom stereocenters. The monoisotopic (exact) mass is 286 g/mol. The van der Waals surface area contributed by atoms with Crippen molar-refractivity contribution in [1.82, 2.24) is 10.2 Å². The van der Waals surface area contributed by atoms with Crippen LogP contribution in [0.25, 0.3) is 0 Å². The molecule has 3 rings (SSSR count). The highest BCUT2D eigenvalue weighted by Crippen LogP contribution is 2.29. The van der Waals surface area contributed by atoms with Crippen molar-refractivity contribution >= 4 is 0 Å². The van der Waals surface area contributed by atoms with Crippen LogP contribution in [-0.4, -0.2) is 36.1 Å². The maximum absolute atomic E-state index is 3.80. The molecule has 1 aromatic carbocycles. The van der Waals surface area contributed by atoms with E-state index in [1.807, 2.05) is 0 Å². The lowest BCUT2D eigenvalue weighted by Crippen LogP contribution is -2.61. The van der Waals surface area contributed by atoms with Crippen LogP contribution in [0.2, 0.25) is 0 Å². The van der Waals surface area contributed by atoms with Gasteiger partial charge in [0.1, 0.15) is 0 Å². The summed E-state index contributed by atoms with van der Waals surface area (Å²) in [5, 5.41) is 3.80. The predicted molar refractivity (Wildman–Crippen MR) is 89.7 cm³/mol. The van der Waals surface area contributed by atoms with Crippen molar-refractivity contribution in [3.63, 3.8) is 0 Å². The zero-order chi connectivity index (χ0) is 14.8. The van der Waals surface area contributed by atoms with Crippen LogP contribution in [0, 0.1) is 5.92 Å². The minimum atomic E-state index is 0.668. The average molecular weight is 286 g/mol. The predicted octanol–water partition coefficient (Wildman–Crippen LogP) is 3.25. The molecule has 2 heteroatoms. The Kier molecular flexibility index (Phi) is 4.66. The number of rotatable bonds is 4. The molecular formula is C19H30N2. The number of fused-ring (bicyclic) bond motifs is 1. The summed E-state index contributed by atoms with van der Waals surface area (Å²) in [6.45, 7) is 9.44. The molecule has 1 aliphatic carbocycles. The highest BCUT2D eigenvalue weighted by atomic mass is 15.3. The largest absolute Gasteiger partial charge is 0.311 e. The minimum Gasteiger partial charge on any atom is -0.311 e. The van der Waals surface area contributed by atoms with Crippen molar-refractivity contribution in [3.05, 3.63) is 35.4 Å². The minimum absolute atomic E-state index is 0.668. The van der Waals surface area contributed by atoms with Crippen molar-refractivity contribution in [1.29, 1.82) is 0 Å². The summed E-state index contributed by atoms with van der Waals surface area (Å²) in [6, 6.07) is 11.1. The van der Waals surface area contributed by atoms with Gasteiger partial charge in [-0.1, -0.05) is 51.5 Å². The van der Waals surface area contributed by atoms with Crippen LogP contribution in [0.4, 0.5) is 0 Å². The van der Waals surface area contributed by atoms with Crippen molar-refractivity contribution < 1.29 is 0 Å². The summed E-state index contributed by atoms with van der Waals surface area (Å²) in [5.74, 6) is 0.772. The Morgan fingerprint density at radius 2 is 1.86 bits per heavy atom. The normalized spacial score (nSPS) is 28.5. The molecule has 21 heavy (non-hydrogen) atoms. The molecule has 0 saturated carbocycles. The molecule has 1 fully saturated rings. The van der Waals surface area contributed by atoms with Gasteiger partial charge in [0.05, 0.1) is 0 Å². The molecule has 0 spiro atoms. The van der Waals surface area contributed by atoms with Crippen molar-refractivity contribution in [2.75, 3.05) is 13.1 Å². The van der Waals surface area contributed by atoms with E-state index in [0.29, 0.717) is 12.1 Å². The standard InChI is InChI=1S/C19H30N2/c1-4-14(3)19-13-21(17(5-2)12-20-19)18-10-15-8-6-7-9-16(15)11-18/h6-9,14,17-20H,4-5,10-13H2,1-3H3. The summed E-state index contributed by atoms with van der Waals surface area (Å²) in [7, 11) is 0. The first-order chi connectivity index (χ1) is 10.2. The van der Waals surface area contributed by atoms with Gasteiger partial charge in [-0.05, 0) is 36.3 Å². The Hall–Kier alpha value is -0.860. The molecule has 0 radical (unpaired) electrons. The average Bonchev–Trinajstić information content (AvgIpc) is 2.97. The van der Waals surface area contributed by atoms with Crippen molar-refractivity contribution in [2.45, 2.75) is 64.6 Å². The van der Waals surface area contributed by atoms with Crippen LogP contribution in [0.5, 0.6) is 0 Å². The quantitative estimate of drug-likeness (QED) is 0.914. The number of benzene rings is 1. The van der Waals surface area contributed by atoms with Gasteiger partial charge in [0, 0.05) is 31.2 Å². The maximum atomic E-state index is 3.80. The van der Waals surface area contributed by atoms with E-state index in [4.69, 9.17) is 0 Å². The van der Waals surface area contributed by atoms with Crippen LogP contribution in [0.3, 0.4) is 0 Å². The number of hydrogen-bond acceptors (Lipinski definition) is 2. The van der Waals surface area contributed by atoms with E-state index in [0.717, 1.165) is 12.0 Å². The molecule has 3 unspecified atom stereocenters. The molecule has 0 amide bonds. The van der Waals surface area contributed by atoms with Crippen LogP contribution in [0.1, 0.15) is 44.7 Å². The Labute approximate surface area is 129 Å². The molecule has 1 saturated heterocycles. The Morgan fingerprint density at radius 1 is 1.19 bits per heavy atom. The molecule has 1 aromatic rings. The number of piperazine rings is 1. The Morgan fingerprint density at radius 3 is 2.43 bits per heavy atom. The third kappa shape index (κ3) is 3.02. The van der Waals surface area contributed by atoms with E-state index in [1.165, 1.54) is 38.8 Å². The van der Waals surface area contributed by atoms with Gasteiger partial charge in [-0.25, -0.2) is 0 Å². The summed E-state index contributed by atoms with van der Waals surface area (Å²) < 4.78 is 0. The summed E-state index contributed by atoms with van der Waals surface area (Å²) in [6.07, 6.45) is 5.03. The third-order valence-corrected chi connectivity index (χ3v) is 5.79. The molecule has 2 aliphatic rings. The number of nitrogens with one attached hydrogen (secondary N) is 1. The van der Waals surface area contributed by atoms with Crippen LogP contribution >= 0.6 is 0 Å². The second kappa shape index (κ2) is 6.50. The molecule has 1 N–H and O–H groups in total. The van der Waals surface area contributed by atoms with E-state index >= 15 is 0 Å². The zero-order valence-corrected chi connectivity index (χ0v) is 13.8. The molecule has 116 valence electrons. The van der Waals surface area contributed by atoms with E-state index in [2.05, 4.69) is 55.3 Å². The fourth-order valence-corrected chi connectivity index (χ4v) is 4.11. The van der Waals surface area contributed by atoms with Crippen molar-refractivity contribution in [3.8, 4) is 0 Å². The third-order valence-electron chi connectivity index (χ3n) is 5.79. The van der Waals surface area contributed by atoms with Gasteiger partial charge < -0.3 is 5.32 Å². The summed E-state index contributed by atoms with van der Waals surface area (Å²) in [4.78, 5) is 2.83. The van der Waals surface area contributed by atoms with E-state index in [-0.39, 0.29) is 0 Å². The van der Waals surface area contributed by atoms with E-state index in [1.54, 1.807) is 11.1 Å². The van der Waals surface area contributed by atoms with Crippen LogP contribution < -0.4 is 5.32 Å². The molecule has 1 aliphatic heterocycles. The molecule has 0 aromatic heterocycles. The van der Waals surface area contributed by atoms with Gasteiger partial charge in [-0.15, -0.1) is 0 Å². The molecule has 0 bridgehead atoms. The molecular weight excluding hydrogens is 256 g/mol. The first kappa shape index (κ1) is 15.1. The fraction of sp³-hybridized carbons (Fsp3) is 0.684. The Bertz CT molecular complexity index is 445. The Balaban J connectivity index is 1.73. The van der Waals surface area contributed by atoms with Gasteiger partial charge in [0.25, 0.3) is 0 Å². The van der Waals surface area contributed by atoms with Crippen LogP contribution in [0.15, 0.2) is 24.3 Å². The van der Waals surface area contributed by atoms with Gasteiger partial charge in [-0.2, -0.15) is 0 Å². The first-order valence-electron chi connectivity index (χ1n) is 8.78. The van der Waals surface area contributed by atoms with Crippen molar-refractivity contribution in [2.24, 2.45) is 5.92 Å². The zero-order valence-electron chi connectivity index (χ0n) is 13.8. The maximum Gasteiger partial charge on any atom is 0.0221 e. The van der Waals surface area contributed by atoms with Gasteiger partial charge in [0.15, 0.2) is 0 Å². The lowest BCUT2D eigenvalue weighted by molar-refractivity contribution is 0.0676. The topological polar surface area (TPSA) is 15.3 Å². The van der Waals surface area contributed by atoms with E-state index < -0.39 is 0 Å². The second-order valence-electron chi connectivity index (χ2n) is 6.99. The smallest absolute Gasteiger partial charge is 0.0221 e. The SMILES string of the molecule is CCC(C)C1CN(C2Cc3ccccc3C2)C(CC)CN1. The van der Waals surface area contributed by atoms with Gasteiger partial charge >= 0.3 is 0 Å². The summed E-state index contributed by atoms with van der Waals surface area (Å²) >= 11 is 0. The molecule has 1 heterocycles. The summed E-state index contributed by atoms with van der Waals surface area (Å²) in [5.41, 5.74) is 3.16. The highest BCUT2D eigenvalue weighted by molar-refractivity contribution is 5.33. The second-order valence-corrected chi connectivity index (χ2v) is 6.99. The highest BCUT2D eigenvalue weighted by Gasteiger charge is 2.35. The fourth-order valence-electron chi connectivity index (χ4n) is 4.11. The number of nitrogens with zero attached hydrogens (tertiary/aromatic N) is 1. The van der Waals surface area contributed by atoms with Gasteiger partial charge in [-0.3, -0.25) is 4.90 Å². The lowest BCUT2D eigenvalue weighted by atomic mass is 9.93. The van der Waals surface area contributed by atoms with Crippen LogP contribution in [-0.2, 0) is 12.8 Å². The molecule has 2 nitrogen and oxygen atoms in total. The first-order valence-corrected chi connectivity index (χ1v) is 8.78. The number of hydrogen-bond donors (Lipinski definition) is 1.